The molecule has 0 radical (unpaired) electrons. The van der Waals surface area contributed by atoms with Gasteiger partial charge in [-0.25, -0.2) is 19.9 Å². The quantitative estimate of drug-likeness (QED) is 0.425. The van der Waals surface area contributed by atoms with Crippen molar-refractivity contribution in [3.63, 3.8) is 0 Å². The molecule has 0 aliphatic heterocycles. The van der Waals surface area contributed by atoms with Crippen LogP contribution in [0.25, 0.3) is 11.4 Å². The molecule has 0 saturated carbocycles. The first-order chi connectivity index (χ1) is 16.4. The first-order valence-electron chi connectivity index (χ1n) is 10.7. The number of aromatic nitrogens is 4. The van der Waals surface area contributed by atoms with Crippen LogP contribution in [0.15, 0.2) is 67.0 Å². The van der Waals surface area contributed by atoms with E-state index in [1.807, 2.05) is 30.3 Å². The highest BCUT2D eigenvalue weighted by molar-refractivity contribution is 5.94. The van der Waals surface area contributed by atoms with Gasteiger partial charge in [0.2, 0.25) is 0 Å². The van der Waals surface area contributed by atoms with Crippen LogP contribution in [0.3, 0.4) is 0 Å². The van der Waals surface area contributed by atoms with Gasteiger partial charge >= 0.3 is 5.97 Å². The summed E-state index contributed by atoms with van der Waals surface area (Å²) < 4.78 is 5.06. The summed E-state index contributed by atoms with van der Waals surface area (Å²) in [4.78, 5) is 40.6. The number of primary amides is 1. The molecule has 8 heteroatoms. The maximum atomic E-state index is 11.8. The van der Waals surface area contributed by atoms with E-state index in [1.165, 1.54) is 18.1 Å². The van der Waals surface area contributed by atoms with Crippen LogP contribution in [0, 0.1) is 6.92 Å². The van der Waals surface area contributed by atoms with Crippen LogP contribution in [-0.2, 0) is 17.6 Å². The number of carbonyl (C=O) groups excluding carboxylic acids is 2. The van der Waals surface area contributed by atoms with Crippen molar-refractivity contribution in [2.45, 2.75) is 26.7 Å². The standard InChI is InChI=1S/C26H23N5O3/c1-16-24(34-17(2)32)23(25(27)33)31-22(30-16)13-20-14-28-26(29-15-20)21-10-8-19(9-11-21)12-18-6-4-3-5-7-18/h3-11,14-15H,12-13H2,1-2H3,(H2,27,33). The van der Waals surface area contributed by atoms with Gasteiger partial charge in [-0.1, -0.05) is 54.6 Å². The Hall–Kier alpha value is -4.46. The highest BCUT2D eigenvalue weighted by Crippen LogP contribution is 2.22. The minimum absolute atomic E-state index is 0.0222. The average Bonchev–Trinajstić information content (AvgIpc) is 2.82. The predicted octanol–water partition coefficient (Wildman–Crippen LogP) is 3.45. The van der Waals surface area contributed by atoms with E-state index >= 15 is 0 Å². The van der Waals surface area contributed by atoms with Crippen molar-refractivity contribution in [2.24, 2.45) is 5.73 Å². The van der Waals surface area contributed by atoms with Crippen molar-refractivity contribution < 1.29 is 14.3 Å². The Kier molecular flexibility index (Phi) is 6.68. The normalized spacial score (nSPS) is 10.6. The van der Waals surface area contributed by atoms with E-state index < -0.39 is 11.9 Å². The second kappa shape index (κ2) is 9.99. The summed E-state index contributed by atoms with van der Waals surface area (Å²) in [5.74, 6) is -0.450. The molecular weight excluding hydrogens is 430 g/mol. The lowest BCUT2D eigenvalue weighted by molar-refractivity contribution is -0.132. The number of hydrogen-bond donors (Lipinski definition) is 1. The van der Waals surface area contributed by atoms with Crippen LogP contribution in [-0.4, -0.2) is 31.8 Å². The fraction of sp³-hybridized carbons (Fsp3) is 0.154. The third kappa shape index (κ3) is 5.47. The second-order valence-electron chi connectivity index (χ2n) is 7.81. The van der Waals surface area contributed by atoms with E-state index in [0.717, 1.165) is 17.5 Å². The van der Waals surface area contributed by atoms with Crippen LogP contribution < -0.4 is 10.5 Å². The van der Waals surface area contributed by atoms with Gasteiger partial charge in [0.25, 0.3) is 5.91 Å². The van der Waals surface area contributed by atoms with Crippen LogP contribution in [0.1, 0.15) is 45.6 Å². The third-order valence-corrected chi connectivity index (χ3v) is 5.09. The zero-order chi connectivity index (χ0) is 24.1. The van der Waals surface area contributed by atoms with Crippen LogP contribution in [0.2, 0.25) is 0 Å². The number of esters is 1. The number of carbonyl (C=O) groups is 2. The summed E-state index contributed by atoms with van der Waals surface area (Å²) in [5, 5.41) is 0. The molecule has 0 saturated heterocycles. The van der Waals surface area contributed by atoms with Crippen molar-refractivity contribution >= 4 is 11.9 Å². The van der Waals surface area contributed by atoms with E-state index in [-0.39, 0.29) is 17.9 Å². The highest BCUT2D eigenvalue weighted by atomic mass is 16.5. The van der Waals surface area contributed by atoms with E-state index in [1.54, 1.807) is 19.3 Å². The van der Waals surface area contributed by atoms with Crippen molar-refractivity contribution in [1.82, 2.24) is 19.9 Å². The largest absolute Gasteiger partial charge is 0.422 e. The third-order valence-electron chi connectivity index (χ3n) is 5.09. The molecule has 4 aromatic rings. The van der Waals surface area contributed by atoms with Crippen LogP contribution in [0.4, 0.5) is 0 Å². The zero-order valence-corrected chi connectivity index (χ0v) is 18.9. The number of nitrogens with zero attached hydrogens (tertiary/aromatic N) is 4. The van der Waals surface area contributed by atoms with Gasteiger partial charge in [0.05, 0.1) is 5.69 Å². The molecule has 1 amide bonds. The Bertz CT molecular complexity index is 1320. The first-order valence-corrected chi connectivity index (χ1v) is 10.7. The molecule has 0 aliphatic rings. The van der Waals surface area contributed by atoms with Gasteiger partial charge < -0.3 is 10.5 Å². The fourth-order valence-corrected chi connectivity index (χ4v) is 3.51. The minimum Gasteiger partial charge on any atom is -0.422 e. The van der Waals surface area contributed by atoms with Gasteiger partial charge in [0, 0.05) is 31.3 Å². The predicted molar refractivity (Wildman–Crippen MR) is 126 cm³/mol. The summed E-state index contributed by atoms with van der Waals surface area (Å²) in [6, 6.07) is 18.5. The fourth-order valence-electron chi connectivity index (χ4n) is 3.51. The molecular formula is C26H23N5O3. The molecule has 4 rings (SSSR count). The van der Waals surface area contributed by atoms with Crippen LogP contribution >= 0.6 is 0 Å². The number of amides is 1. The number of aryl methyl sites for hydroxylation is 1. The lowest BCUT2D eigenvalue weighted by Gasteiger charge is -2.10. The Morgan fingerprint density at radius 2 is 1.50 bits per heavy atom. The lowest BCUT2D eigenvalue weighted by Crippen LogP contribution is -2.19. The Labute approximate surface area is 196 Å². The van der Waals surface area contributed by atoms with Gasteiger partial charge in [0.1, 0.15) is 5.82 Å². The number of rotatable bonds is 7. The zero-order valence-electron chi connectivity index (χ0n) is 18.9. The van der Waals surface area contributed by atoms with E-state index in [9.17, 15) is 9.59 Å². The van der Waals surface area contributed by atoms with E-state index in [2.05, 4.69) is 44.2 Å². The monoisotopic (exact) mass is 453 g/mol. The average molecular weight is 454 g/mol. The Morgan fingerprint density at radius 1 is 0.853 bits per heavy atom. The second-order valence-corrected chi connectivity index (χ2v) is 7.81. The lowest BCUT2D eigenvalue weighted by atomic mass is 10.0. The molecule has 170 valence electrons. The minimum atomic E-state index is -0.801. The molecule has 0 spiro atoms. The molecule has 8 nitrogen and oxygen atoms in total. The molecule has 0 fully saturated rings. The molecule has 2 aromatic heterocycles. The maximum absolute atomic E-state index is 11.8. The van der Waals surface area contributed by atoms with Gasteiger partial charge in [-0.3, -0.25) is 9.59 Å². The molecule has 0 unspecified atom stereocenters. The summed E-state index contributed by atoms with van der Waals surface area (Å²) in [6.45, 7) is 2.85. The molecule has 34 heavy (non-hydrogen) atoms. The number of nitrogens with two attached hydrogens (primary N) is 1. The van der Waals surface area contributed by atoms with Crippen molar-refractivity contribution in [3.8, 4) is 17.1 Å². The summed E-state index contributed by atoms with van der Waals surface area (Å²) >= 11 is 0. The smallest absolute Gasteiger partial charge is 0.308 e. The van der Waals surface area contributed by atoms with Crippen molar-refractivity contribution in [2.75, 3.05) is 0 Å². The maximum Gasteiger partial charge on any atom is 0.308 e. The van der Waals surface area contributed by atoms with Gasteiger partial charge in [0.15, 0.2) is 17.3 Å². The SMILES string of the molecule is CC(=O)Oc1c(C)nc(Cc2cnc(-c3ccc(Cc4ccccc4)cc3)nc2)nc1C(N)=O. The van der Waals surface area contributed by atoms with Gasteiger partial charge in [-0.05, 0) is 30.0 Å². The first kappa shape index (κ1) is 22.7. The highest BCUT2D eigenvalue weighted by Gasteiger charge is 2.19. The van der Waals surface area contributed by atoms with E-state index in [4.69, 9.17) is 10.5 Å². The van der Waals surface area contributed by atoms with Crippen molar-refractivity contribution in [3.05, 3.63) is 101 Å². The van der Waals surface area contributed by atoms with Crippen molar-refractivity contribution in [1.29, 1.82) is 0 Å². The number of hydrogen-bond acceptors (Lipinski definition) is 7. The topological polar surface area (TPSA) is 121 Å². The summed E-state index contributed by atoms with van der Waals surface area (Å²) in [7, 11) is 0. The van der Waals surface area contributed by atoms with Gasteiger partial charge in [-0.15, -0.1) is 0 Å². The summed E-state index contributed by atoms with van der Waals surface area (Å²) in [5.41, 5.74) is 9.78. The summed E-state index contributed by atoms with van der Waals surface area (Å²) in [6.07, 6.45) is 4.55. The molecule has 2 aromatic carbocycles. The van der Waals surface area contributed by atoms with Gasteiger partial charge in [-0.2, -0.15) is 0 Å². The molecule has 0 bridgehead atoms. The Balaban J connectivity index is 1.49. The molecule has 2 N–H and O–H groups in total. The van der Waals surface area contributed by atoms with E-state index in [0.29, 0.717) is 17.3 Å². The molecule has 2 heterocycles. The number of benzene rings is 2. The Morgan fingerprint density at radius 3 is 2.12 bits per heavy atom. The molecule has 0 atom stereocenters. The van der Waals surface area contributed by atoms with Crippen LogP contribution in [0.5, 0.6) is 5.75 Å². The molecule has 0 aliphatic carbocycles. The number of ether oxygens (including phenoxy) is 1.